The molecule has 124 valence electrons. The zero-order chi connectivity index (χ0) is 15.9. The van der Waals surface area contributed by atoms with Crippen molar-refractivity contribution in [2.75, 3.05) is 0 Å². The molecule has 0 atom stereocenters. The molecule has 0 amide bonds. The van der Waals surface area contributed by atoms with Crippen LogP contribution in [0.25, 0.3) is 0 Å². The fourth-order valence-electron chi connectivity index (χ4n) is 1.06. The normalized spacial score (nSPS) is 15.4. The van der Waals surface area contributed by atoms with Crippen LogP contribution in [-0.4, -0.2) is 19.5 Å². The molecule has 0 saturated heterocycles. The van der Waals surface area contributed by atoms with Crippen LogP contribution in [0.5, 0.6) is 0 Å². The largest absolute Gasteiger partial charge is 1.00 e. The van der Waals surface area contributed by atoms with Crippen molar-refractivity contribution in [1.29, 1.82) is 0 Å². The van der Waals surface area contributed by atoms with Crippen LogP contribution in [0.3, 0.4) is 0 Å². The van der Waals surface area contributed by atoms with Crippen LogP contribution in [0, 0.1) is 13.8 Å². The first-order valence-corrected chi connectivity index (χ1v) is 11.4. The van der Waals surface area contributed by atoms with E-state index in [1.165, 1.54) is 11.1 Å². The Morgan fingerprint density at radius 2 is 1.10 bits per heavy atom. The molecule has 0 heterocycles. The average molecular weight is 465 g/mol. The van der Waals surface area contributed by atoms with Gasteiger partial charge in [0.15, 0.2) is 0 Å². The second kappa shape index (κ2) is 7.75. The van der Waals surface area contributed by atoms with E-state index in [2.05, 4.69) is 62.4 Å². The van der Waals surface area contributed by atoms with Crippen molar-refractivity contribution in [1.82, 2.24) is 0 Å². The van der Waals surface area contributed by atoms with Gasteiger partial charge in [-0.25, -0.2) is 0 Å². The van der Waals surface area contributed by atoms with Gasteiger partial charge in [0.1, 0.15) is 0 Å². The zero-order valence-electron chi connectivity index (χ0n) is 12.4. The molecule has 0 bridgehead atoms. The molecule has 0 nitrogen and oxygen atoms in total. The van der Waals surface area contributed by atoms with Gasteiger partial charge in [0, 0.05) is 17.1 Å². The van der Waals surface area contributed by atoms with Crippen molar-refractivity contribution in [3.8, 4) is 0 Å². The second-order valence-corrected chi connectivity index (χ2v) is 9.60. The molecule has 0 fully saturated rings. The molecule has 0 unspecified atom stereocenters. The summed E-state index contributed by atoms with van der Waals surface area (Å²) < 4.78 is 59.6. The predicted molar refractivity (Wildman–Crippen MR) is 72.3 cm³/mol. The number of rotatable bonds is 0. The SMILES string of the molecule is C1=CCC=C1.Cc1ccccc1C.[F][Sb-]([F])([F])([F])([F])[F].[Fe].[H+]. The smallest absolute Gasteiger partial charge is 0 e. The van der Waals surface area contributed by atoms with E-state index < -0.39 is 19.5 Å². The summed E-state index contributed by atoms with van der Waals surface area (Å²) in [6, 6.07) is 8.36. The molecule has 2 rings (SSSR count). The van der Waals surface area contributed by atoms with E-state index in [-0.39, 0.29) is 18.5 Å². The quantitative estimate of drug-likeness (QED) is 0.323. The van der Waals surface area contributed by atoms with Gasteiger partial charge in [0.2, 0.25) is 0 Å². The third-order valence-electron chi connectivity index (χ3n) is 2.08. The summed E-state index contributed by atoms with van der Waals surface area (Å²) in [5, 5.41) is 0. The van der Waals surface area contributed by atoms with Gasteiger partial charge in [-0.1, -0.05) is 48.6 Å². The van der Waals surface area contributed by atoms with Crippen LogP contribution in [0.1, 0.15) is 19.0 Å². The van der Waals surface area contributed by atoms with Crippen molar-refractivity contribution in [3.63, 3.8) is 0 Å². The third-order valence-corrected chi connectivity index (χ3v) is 2.08. The number of allylic oxidation sites excluding steroid dienone is 4. The fraction of sp³-hybridized carbons (Fsp3) is 0.231. The monoisotopic (exact) mass is 464 g/mol. The Morgan fingerprint density at radius 3 is 1.24 bits per heavy atom. The van der Waals surface area contributed by atoms with Gasteiger partial charge < -0.3 is 0 Å². The van der Waals surface area contributed by atoms with E-state index in [1.807, 2.05) is 0 Å². The number of halogens is 6. The second-order valence-electron chi connectivity index (χ2n) is 4.13. The molecule has 0 saturated carbocycles. The Hall–Kier alpha value is -0.382. The first kappa shape index (κ1) is 22.9. The molecule has 0 N–H and O–H groups in total. The summed E-state index contributed by atoms with van der Waals surface area (Å²) in [5.74, 6) is 0. The Bertz CT molecular complexity index is 453. The van der Waals surface area contributed by atoms with Crippen molar-refractivity contribution in [2.24, 2.45) is 0 Å². The van der Waals surface area contributed by atoms with Gasteiger partial charge >= 0.3 is 37.8 Å². The van der Waals surface area contributed by atoms with Gasteiger partial charge in [-0.15, -0.1) is 0 Å². The van der Waals surface area contributed by atoms with Gasteiger partial charge in [-0.3, -0.25) is 0 Å². The number of benzene rings is 1. The Balaban J connectivity index is -0.000000240. The van der Waals surface area contributed by atoms with Crippen molar-refractivity contribution < 1.29 is 35.4 Å². The van der Waals surface area contributed by atoms with E-state index in [9.17, 15) is 16.9 Å². The zero-order valence-corrected chi connectivity index (χ0v) is 15.1. The maximum atomic E-state index is 9.93. The van der Waals surface area contributed by atoms with Crippen LogP contribution < -0.4 is 0 Å². The first-order valence-electron chi connectivity index (χ1n) is 5.66. The third kappa shape index (κ3) is 25.0. The van der Waals surface area contributed by atoms with Gasteiger partial charge in [0.05, 0.1) is 0 Å². The first-order chi connectivity index (χ1) is 8.75. The average Bonchev–Trinajstić information content (AvgIpc) is 2.76. The molecule has 21 heavy (non-hydrogen) atoms. The van der Waals surface area contributed by atoms with Crippen LogP contribution in [0.4, 0.5) is 16.9 Å². The Morgan fingerprint density at radius 1 is 0.810 bits per heavy atom. The van der Waals surface area contributed by atoms with Crippen molar-refractivity contribution >= 4 is 19.5 Å². The molecular weight excluding hydrogens is 448 g/mol. The molecule has 1 aliphatic carbocycles. The summed E-state index contributed by atoms with van der Waals surface area (Å²) in [7, 11) is 0. The van der Waals surface area contributed by atoms with Gasteiger partial charge in [-0.05, 0) is 31.4 Å². The van der Waals surface area contributed by atoms with E-state index >= 15 is 0 Å². The maximum absolute atomic E-state index is 11.2. The van der Waals surface area contributed by atoms with Crippen LogP contribution in [-0.2, 0) is 17.1 Å². The van der Waals surface area contributed by atoms with E-state index in [1.54, 1.807) is 0 Å². The van der Waals surface area contributed by atoms with Gasteiger partial charge in [-0.2, -0.15) is 0 Å². The molecular formula is C13H17F6FeSb. The topological polar surface area (TPSA) is 0 Å². The maximum Gasteiger partial charge on any atom is 1.00 e. The predicted octanol–water partition coefficient (Wildman–Crippen LogP) is 6.06. The summed E-state index contributed by atoms with van der Waals surface area (Å²) in [4.78, 5) is 0. The van der Waals surface area contributed by atoms with E-state index in [4.69, 9.17) is 0 Å². The van der Waals surface area contributed by atoms with Gasteiger partial charge in [0.25, 0.3) is 0 Å². The molecule has 1 aliphatic rings. The minimum absolute atomic E-state index is 0. The van der Waals surface area contributed by atoms with Crippen molar-refractivity contribution in [2.45, 2.75) is 20.3 Å². The number of aryl methyl sites for hydroxylation is 2. The fourth-order valence-corrected chi connectivity index (χ4v) is 1.06. The molecule has 1 aromatic rings. The van der Waals surface area contributed by atoms with Crippen LogP contribution in [0.2, 0.25) is 0 Å². The number of hydrogen-bond donors (Lipinski definition) is 0. The molecule has 0 spiro atoms. The minimum Gasteiger partial charge on any atom is 0 e. The summed E-state index contributed by atoms with van der Waals surface area (Å²) in [6.07, 6.45) is 9.50. The molecule has 0 aromatic heterocycles. The summed E-state index contributed by atoms with van der Waals surface area (Å²) in [6.45, 7) is 4.24. The number of hydrogen-bond acceptors (Lipinski definition) is 0. The molecule has 1 aromatic carbocycles. The molecule has 0 radical (unpaired) electrons. The summed E-state index contributed by atoms with van der Waals surface area (Å²) in [5.41, 5.74) is 2.74. The Kier molecular flexibility index (Phi) is 8.45. The minimum atomic E-state index is -11.2. The van der Waals surface area contributed by atoms with Crippen LogP contribution in [0.15, 0.2) is 48.6 Å². The van der Waals surface area contributed by atoms with Crippen molar-refractivity contribution in [3.05, 3.63) is 59.7 Å². The standard InChI is InChI=1S/C8H10.C5H6.6FH.Fe.Sb/c1-7-5-3-4-6-8(7)2;1-2-4-5-3-1;;;;;;;;/h3-6H,1-2H3;1-4H,5H2;6*1H;;/q;;;;;;;;;+5/p-5. The van der Waals surface area contributed by atoms with E-state index in [0.29, 0.717) is 0 Å². The molecule has 8 heteroatoms. The summed E-state index contributed by atoms with van der Waals surface area (Å²) >= 11 is -11.2. The molecule has 0 aliphatic heterocycles. The van der Waals surface area contributed by atoms with E-state index in [0.717, 1.165) is 6.42 Å². The van der Waals surface area contributed by atoms with Crippen LogP contribution >= 0.6 is 0 Å². The Labute approximate surface area is 134 Å².